The molecular formula is C8H24O4P4Pt. The van der Waals surface area contributed by atoms with Crippen LogP contribution in [-0.2, 0) is 25.7 Å². The van der Waals surface area contributed by atoms with Gasteiger partial charge in [0.25, 0.3) is 0 Å². The minimum absolute atomic E-state index is 0.196. The Hall–Kier alpha value is 2.25. The molecule has 0 spiro atoms. The molecule has 0 amide bonds. The average molecular weight is 503 g/mol. The van der Waals surface area contributed by atoms with E-state index in [1.807, 2.05) is 0 Å². The van der Waals surface area contributed by atoms with Gasteiger partial charge in [-0.05, 0) is 0 Å². The first-order valence-electron chi connectivity index (χ1n) is 4.57. The van der Waals surface area contributed by atoms with E-state index in [-0.39, 0.29) is 16.3 Å². The van der Waals surface area contributed by atoms with E-state index in [2.05, 4.69) is 26.7 Å². The second kappa shape index (κ2) is 18.2. The summed E-state index contributed by atoms with van der Waals surface area (Å²) < 4.78 is 10.6. The van der Waals surface area contributed by atoms with Gasteiger partial charge in [-0.25, -0.2) is 16.3 Å². The van der Waals surface area contributed by atoms with Gasteiger partial charge in [0.15, 0.2) is 0 Å². The molecular weight excluding hydrogens is 479 g/mol. The van der Waals surface area contributed by atoms with Crippen LogP contribution >= 0.6 is 32.6 Å². The van der Waals surface area contributed by atoms with Crippen LogP contribution in [0.3, 0.4) is 0 Å². The van der Waals surface area contributed by atoms with Crippen LogP contribution in [0.1, 0.15) is 0 Å². The first-order chi connectivity index (χ1) is 7.59. The molecule has 0 fully saturated rings. The normalized spacial score (nSPS) is 10.5. The predicted molar refractivity (Wildman–Crippen MR) is 77.2 cm³/mol. The molecule has 0 unspecified atom stereocenters. The zero-order valence-corrected chi connectivity index (χ0v) is 17.6. The Morgan fingerprint density at radius 1 is 0.647 bits per heavy atom. The maximum atomic E-state index is 9.59. The molecule has 0 rings (SSSR count). The van der Waals surface area contributed by atoms with Crippen LogP contribution in [0.15, 0.2) is 0 Å². The Bertz CT molecular complexity index is 119. The summed E-state index contributed by atoms with van der Waals surface area (Å²) in [5.41, 5.74) is 0. The van der Waals surface area contributed by atoms with Crippen LogP contribution in [0.2, 0.25) is 0 Å². The zero-order valence-electron chi connectivity index (χ0n) is 11.7. The molecule has 0 saturated carbocycles. The van der Waals surface area contributed by atoms with Crippen molar-refractivity contribution in [1.29, 1.82) is 0 Å². The third kappa shape index (κ3) is 70.8. The van der Waals surface area contributed by atoms with E-state index in [1.165, 1.54) is 0 Å². The van der Waals surface area contributed by atoms with Gasteiger partial charge in [-0.1, -0.05) is 26.7 Å². The molecule has 0 heterocycles. The van der Waals surface area contributed by atoms with Gasteiger partial charge in [0.1, 0.15) is 0 Å². The predicted octanol–water partition coefficient (Wildman–Crippen LogP) is 2.25. The number of rotatable bonds is 4. The van der Waals surface area contributed by atoms with E-state index >= 15 is 0 Å². The summed E-state index contributed by atoms with van der Waals surface area (Å²) in [5, 5.41) is 0. The average Bonchev–Trinajstić information content (AvgIpc) is 1.99. The molecule has 17 heavy (non-hydrogen) atoms. The molecule has 0 saturated heterocycles. The Labute approximate surface area is 121 Å². The van der Waals surface area contributed by atoms with E-state index in [4.69, 9.17) is 6.35 Å². The molecule has 0 aliphatic rings. The van der Waals surface area contributed by atoms with Gasteiger partial charge in [-0.15, -0.1) is 0 Å². The molecule has 0 bridgehead atoms. The van der Waals surface area contributed by atoms with Gasteiger partial charge in [0.2, 0.25) is 0 Å². The molecule has 9 heteroatoms. The van der Waals surface area contributed by atoms with Crippen molar-refractivity contribution in [3.63, 3.8) is 0 Å². The molecule has 4 nitrogen and oxygen atoms in total. The quantitative estimate of drug-likeness (QED) is 0.553. The molecule has 0 aromatic carbocycles. The summed E-state index contributed by atoms with van der Waals surface area (Å²) in [6.07, 6.45) is 0. The van der Waals surface area contributed by atoms with Crippen LogP contribution in [0.5, 0.6) is 0 Å². The summed E-state index contributed by atoms with van der Waals surface area (Å²) in [6, 6.07) is 0. The molecule has 0 aliphatic heterocycles. The standard InChI is InChI=1S/4C2H6OP.Pt/c4*1-4(2)3;/h4*1-2H3;/q4*-1;+4. The molecule has 0 aromatic heterocycles. The van der Waals surface area contributed by atoms with Crippen molar-refractivity contribution in [1.82, 2.24) is 0 Å². The summed E-state index contributed by atoms with van der Waals surface area (Å²) in [6.45, 7) is 15.1. The molecule has 0 N–H and O–H groups in total. The first kappa shape index (κ1) is 24.3. The monoisotopic (exact) mass is 503 g/mol. The molecule has 0 atom stereocenters. The van der Waals surface area contributed by atoms with Gasteiger partial charge in [0.05, 0.1) is 0 Å². The van der Waals surface area contributed by atoms with Crippen molar-refractivity contribution in [3.05, 3.63) is 0 Å². The van der Waals surface area contributed by atoms with Gasteiger partial charge in [0, 0.05) is 0 Å². The van der Waals surface area contributed by atoms with Crippen molar-refractivity contribution >= 4 is 32.6 Å². The van der Waals surface area contributed by atoms with E-state index < -0.39 is 35.6 Å². The SMILES string of the molecule is CP(C)[O-].CP(C)[O-].CP(C)[O][Pt+2][O]P(C)C. The maximum absolute atomic E-state index is 9.59. The van der Waals surface area contributed by atoms with Crippen molar-refractivity contribution in [3.8, 4) is 0 Å². The third-order valence-corrected chi connectivity index (χ3v) is 6.83. The first-order valence-corrected chi connectivity index (χ1v) is 15.0. The van der Waals surface area contributed by atoms with Crippen LogP contribution in [0.25, 0.3) is 0 Å². The fraction of sp³-hybridized carbons (Fsp3) is 1.00. The van der Waals surface area contributed by atoms with Crippen molar-refractivity contribution < 1.29 is 35.5 Å². The molecule has 0 radical (unpaired) electrons. The Balaban J connectivity index is -0.000000205. The number of hydrogen-bond acceptors (Lipinski definition) is 4. The summed E-state index contributed by atoms with van der Waals surface area (Å²) >= 11 is -0.407. The minimum atomic E-state index is -0.870. The van der Waals surface area contributed by atoms with Gasteiger partial charge >= 0.3 is 68.6 Å². The van der Waals surface area contributed by atoms with Crippen LogP contribution in [0, 0.1) is 0 Å². The second-order valence-corrected chi connectivity index (χ2v) is 13.0. The second-order valence-electron chi connectivity index (χ2n) is 3.42. The van der Waals surface area contributed by atoms with Gasteiger partial charge in [-0.2, -0.15) is 0 Å². The van der Waals surface area contributed by atoms with Gasteiger partial charge in [-0.3, -0.25) is 0 Å². The van der Waals surface area contributed by atoms with Gasteiger partial charge < -0.3 is 9.79 Å². The van der Waals surface area contributed by atoms with Crippen molar-refractivity contribution in [2.75, 3.05) is 53.3 Å². The van der Waals surface area contributed by atoms with Crippen LogP contribution in [-0.4, -0.2) is 53.3 Å². The molecule has 0 aromatic rings. The van der Waals surface area contributed by atoms with Crippen molar-refractivity contribution in [2.45, 2.75) is 0 Å². The Morgan fingerprint density at radius 3 is 0.941 bits per heavy atom. The Kier molecular flexibility index (Phi) is 26.1. The number of hydrogen-bond donors (Lipinski definition) is 0. The topological polar surface area (TPSA) is 64.6 Å². The summed E-state index contributed by atoms with van der Waals surface area (Å²) in [4.78, 5) is 19.2. The van der Waals surface area contributed by atoms with Crippen molar-refractivity contribution in [2.24, 2.45) is 0 Å². The van der Waals surface area contributed by atoms with E-state index in [0.29, 0.717) is 0 Å². The fourth-order valence-electron chi connectivity index (χ4n) is 0.105. The third-order valence-electron chi connectivity index (χ3n) is 0.278. The molecule has 110 valence electrons. The zero-order chi connectivity index (χ0) is 14.4. The summed E-state index contributed by atoms with van der Waals surface area (Å²) in [7, 11) is -2.13. The van der Waals surface area contributed by atoms with E-state index in [9.17, 15) is 9.79 Å². The van der Waals surface area contributed by atoms with E-state index in [1.54, 1.807) is 26.7 Å². The summed E-state index contributed by atoms with van der Waals surface area (Å²) in [5.74, 6) is 0. The van der Waals surface area contributed by atoms with Crippen LogP contribution in [0.4, 0.5) is 0 Å². The molecule has 0 aliphatic carbocycles. The van der Waals surface area contributed by atoms with E-state index in [0.717, 1.165) is 0 Å². The fourth-order valence-corrected chi connectivity index (χ4v) is 3.09. The van der Waals surface area contributed by atoms with Crippen LogP contribution < -0.4 is 9.79 Å². The Morgan fingerprint density at radius 2 is 0.824 bits per heavy atom.